The van der Waals surface area contributed by atoms with Crippen molar-refractivity contribution in [3.8, 4) is 0 Å². The lowest BCUT2D eigenvalue weighted by atomic mass is 10.1. The summed E-state index contributed by atoms with van der Waals surface area (Å²) in [6.07, 6.45) is 5.75. The molecule has 92 valence electrons. The number of nitrogens with zero attached hydrogens (tertiary/aromatic N) is 1. The molecule has 3 fully saturated rings. The van der Waals surface area contributed by atoms with E-state index in [9.17, 15) is 0 Å². The zero-order valence-electron chi connectivity index (χ0n) is 10.2. The van der Waals surface area contributed by atoms with E-state index >= 15 is 0 Å². The Labute approximate surface area is 104 Å². The van der Waals surface area contributed by atoms with Crippen LogP contribution in [0.3, 0.4) is 0 Å². The molecule has 16 heavy (non-hydrogen) atoms. The molecule has 2 aliphatic heterocycles. The van der Waals surface area contributed by atoms with Crippen molar-refractivity contribution in [3.63, 3.8) is 0 Å². The van der Waals surface area contributed by atoms with Crippen molar-refractivity contribution >= 4 is 11.8 Å². The molecule has 2 heterocycles. The molecular formula is C13H24N2S. The van der Waals surface area contributed by atoms with Crippen LogP contribution in [0.5, 0.6) is 0 Å². The lowest BCUT2D eigenvalue weighted by Gasteiger charge is -2.19. The molecule has 0 amide bonds. The van der Waals surface area contributed by atoms with Crippen LogP contribution in [0, 0.1) is 11.8 Å². The first kappa shape index (κ1) is 11.4. The third-order valence-electron chi connectivity index (χ3n) is 4.18. The second-order valence-electron chi connectivity index (χ2n) is 5.83. The average molecular weight is 240 g/mol. The smallest absolute Gasteiger partial charge is 0.00683 e. The molecule has 2 atom stereocenters. The summed E-state index contributed by atoms with van der Waals surface area (Å²) in [6.45, 7) is 5.38. The highest BCUT2D eigenvalue weighted by atomic mass is 32.2. The number of rotatable bonds is 5. The van der Waals surface area contributed by atoms with Crippen molar-refractivity contribution in [1.29, 1.82) is 0 Å². The van der Waals surface area contributed by atoms with Crippen molar-refractivity contribution in [2.45, 2.75) is 31.7 Å². The molecule has 2 nitrogen and oxygen atoms in total. The van der Waals surface area contributed by atoms with Gasteiger partial charge in [0.15, 0.2) is 0 Å². The number of likely N-dealkylation sites (tertiary alicyclic amines) is 1. The summed E-state index contributed by atoms with van der Waals surface area (Å²) in [5.74, 6) is 4.77. The molecule has 1 aliphatic carbocycles. The van der Waals surface area contributed by atoms with Gasteiger partial charge in [-0.2, -0.15) is 11.8 Å². The van der Waals surface area contributed by atoms with E-state index in [1.165, 1.54) is 63.4 Å². The van der Waals surface area contributed by atoms with E-state index in [4.69, 9.17) is 0 Å². The summed E-state index contributed by atoms with van der Waals surface area (Å²) < 4.78 is 0. The summed E-state index contributed by atoms with van der Waals surface area (Å²) in [4.78, 5) is 2.72. The number of hydrogen-bond acceptors (Lipinski definition) is 3. The minimum atomic E-state index is 0.889. The van der Waals surface area contributed by atoms with Gasteiger partial charge in [0.05, 0.1) is 0 Å². The molecule has 0 aromatic heterocycles. The maximum Gasteiger partial charge on any atom is 0.00683 e. The van der Waals surface area contributed by atoms with Crippen molar-refractivity contribution < 1.29 is 0 Å². The summed E-state index contributed by atoms with van der Waals surface area (Å²) in [5, 5.41) is 3.68. The van der Waals surface area contributed by atoms with Gasteiger partial charge in [-0.1, -0.05) is 0 Å². The molecule has 3 aliphatic rings. The van der Waals surface area contributed by atoms with Crippen LogP contribution in [0.15, 0.2) is 0 Å². The van der Waals surface area contributed by atoms with E-state index in [2.05, 4.69) is 22.0 Å². The Bertz CT molecular complexity index is 224. The van der Waals surface area contributed by atoms with Crippen LogP contribution in [-0.4, -0.2) is 48.6 Å². The van der Waals surface area contributed by atoms with Gasteiger partial charge in [0, 0.05) is 19.1 Å². The van der Waals surface area contributed by atoms with Crippen LogP contribution in [0.25, 0.3) is 0 Å². The van der Waals surface area contributed by atoms with Crippen LogP contribution < -0.4 is 5.32 Å². The van der Waals surface area contributed by atoms with E-state index < -0.39 is 0 Å². The van der Waals surface area contributed by atoms with Gasteiger partial charge >= 0.3 is 0 Å². The molecule has 0 aromatic carbocycles. The maximum atomic E-state index is 3.68. The summed E-state index contributed by atoms with van der Waals surface area (Å²) in [6, 6.07) is 0.889. The molecular weight excluding hydrogens is 216 g/mol. The standard InChI is InChI=1S/C13H24N2S/c1-2-13(1)14-7-11-3-5-15(8-11)9-12-4-6-16-10-12/h11-14H,1-10H2. The minimum Gasteiger partial charge on any atom is -0.314 e. The Morgan fingerprint density at radius 1 is 1.12 bits per heavy atom. The molecule has 1 N–H and O–H groups in total. The Balaban J connectivity index is 1.34. The van der Waals surface area contributed by atoms with Crippen LogP contribution >= 0.6 is 11.8 Å². The van der Waals surface area contributed by atoms with Gasteiger partial charge < -0.3 is 10.2 Å². The Morgan fingerprint density at radius 2 is 2.06 bits per heavy atom. The fraction of sp³-hybridized carbons (Fsp3) is 1.00. The van der Waals surface area contributed by atoms with Crippen LogP contribution in [0.4, 0.5) is 0 Å². The molecule has 2 unspecified atom stereocenters. The fourth-order valence-corrected chi connectivity index (χ4v) is 4.23. The summed E-state index contributed by atoms with van der Waals surface area (Å²) in [7, 11) is 0. The summed E-state index contributed by atoms with van der Waals surface area (Å²) >= 11 is 2.15. The normalized spacial score (nSPS) is 36.0. The lowest BCUT2D eigenvalue weighted by molar-refractivity contribution is 0.279. The van der Waals surface area contributed by atoms with E-state index in [0.717, 1.165) is 17.9 Å². The SMILES string of the molecule is C1CC(CN2CCC(CNC3CC3)C2)CS1. The monoisotopic (exact) mass is 240 g/mol. The Kier molecular flexibility index (Phi) is 3.75. The molecule has 0 bridgehead atoms. The van der Waals surface area contributed by atoms with Gasteiger partial charge in [-0.15, -0.1) is 0 Å². The largest absolute Gasteiger partial charge is 0.314 e. The maximum absolute atomic E-state index is 3.68. The Morgan fingerprint density at radius 3 is 2.81 bits per heavy atom. The zero-order chi connectivity index (χ0) is 10.8. The fourth-order valence-electron chi connectivity index (χ4n) is 2.96. The quantitative estimate of drug-likeness (QED) is 0.789. The predicted molar refractivity (Wildman–Crippen MR) is 71.0 cm³/mol. The van der Waals surface area contributed by atoms with Gasteiger partial charge in [-0.25, -0.2) is 0 Å². The van der Waals surface area contributed by atoms with Crippen molar-refractivity contribution in [1.82, 2.24) is 10.2 Å². The van der Waals surface area contributed by atoms with Crippen LogP contribution in [0.1, 0.15) is 25.7 Å². The number of nitrogens with one attached hydrogen (secondary N) is 1. The van der Waals surface area contributed by atoms with Crippen LogP contribution in [0.2, 0.25) is 0 Å². The zero-order valence-corrected chi connectivity index (χ0v) is 11.0. The van der Waals surface area contributed by atoms with E-state index in [0.29, 0.717) is 0 Å². The summed E-state index contributed by atoms with van der Waals surface area (Å²) in [5.41, 5.74) is 0. The molecule has 3 heteroatoms. The van der Waals surface area contributed by atoms with Gasteiger partial charge in [-0.05, 0) is 62.1 Å². The Hall–Kier alpha value is 0.270. The molecule has 0 spiro atoms. The molecule has 2 saturated heterocycles. The van der Waals surface area contributed by atoms with E-state index in [1.54, 1.807) is 0 Å². The third-order valence-corrected chi connectivity index (χ3v) is 5.41. The van der Waals surface area contributed by atoms with Crippen molar-refractivity contribution in [3.05, 3.63) is 0 Å². The van der Waals surface area contributed by atoms with Crippen molar-refractivity contribution in [2.75, 3.05) is 37.7 Å². The molecule has 3 rings (SSSR count). The number of hydrogen-bond donors (Lipinski definition) is 1. The van der Waals surface area contributed by atoms with Gasteiger partial charge in [0.1, 0.15) is 0 Å². The predicted octanol–water partition coefficient (Wildman–Crippen LogP) is 1.81. The van der Waals surface area contributed by atoms with E-state index in [-0.39, 0.29) is 0 Å². The topological polar surface area (TPSA) is 15.3 Å². The second kappa shape index (κ2) is 5.28. The first-order valence-electron chi connectivity index (χ1n) is 6.93. The first-order valence-corrected chi connectivity index (χ1v) is 8.09. The number of thioether (sulfide) groups is 1. The van der Waals surface area contributed by atoms with Crippen LogP contribution in [-0.2, 0) is 0 Å². The van der Waals surface area contributed by atoms with E-state index in [1.807, 2.05) is 0 Å². The van der Waals surface area contributed by atoms with Gasteiger partial charge in [-0.3, -0.25) is 0 Å². The highest BCUT2D eigenvalue weighted by Crippen LogP contribution is 2.26. The average Bonchev–Trinajstić information content (AvgIpc) is 2.78. The molecule has 1 saturated carbocycles. The lowest BCUT2D eigenvalue weighted by Crippen LogP contribution is -2.30. The first-order chi connectivity index (χ1) is 7.90. The minimum absolute atomic E-state index is 0.889. The molecule has 0 radical (unpaired) electrons. The molecule has 0 aromatic rings. The highest BCUT2D eigenvalue weighted by Gasteiger charge is 2.28. The third kappa shape index (κ3) is 3.14. The highest BCUT2D eigenvalue weighted by molar-refractivity contribution is 7.99. The second-order valence-corrected chi connectivity index (χ2v) is 6.98. The van der Waals surface area contributed by atoms with Gasteiger partial charge in [0.25, 0.3) is 0 Å². The van der Waals surface area contributed by atoms with Crippen molar-refractivity contribution in [2.24, 2.45) is 11.8 Å². The van der Waals surface area contributed by atoms with Gasteiger partial charge in [0.2, 0.25) is 0 Å².